The van der Waals surface area contributed by atoms with Crippen LogP contribution in [0.2, 0.25) is 10.0 Å². The number of nitrogens with two attached hydrogens (primary N) is 1. The highest BCUT2D eigenvalue weighted by Crippen LogP contribution is 2.42. The molecule has 0 unspecified atom stereocenters. The van der Waals surface area contributed by atoms with Crippen molar-refractivity contribution in [2.24, 2.45) is 0 Å². The van der Waals surface area contributed by atoms with Gasteiger partial charge in [0.2, 0.25) is 0 Å². The maximum atomic E-state index is 9.49. The van der Waals surface area contributed by atoms with Crippen molar-refractivity contribution in [3.63, 3.8) is 0 Å². The Morgan fingerprint density at radius 3 is 2.43 bits per heavy atom. The molecular weight excluding hydrogens is 305 g/mol. The van der Waals surface area contributed by atoms with Crippen LogP contribution in [0.15, 0.2) is 18.2 Å². The number of hydrogen-bond donors (Lipinski definition) is 1. The zero-order valence-corrected chi connectivity index (χ0v) is 12.8. The van der Waals surface area contributed by atoms with Crippen LogP contribution in [0.3, 0.4) is 0 Å². The van der Waals surface area contributed by atoms with Gasteiger partial charge in [-0.05, 0) is 43.4 Å². The molecule has 0 radical (unpaired) electrons. The van der Waals surface area contributed by atoms with Crippen molar-refractivity contribution in [1.29, 1.82) is 5.26 Å². The molecule has 0 atom stereocenters. The van der Waals surface area contributed by atoms with E-state index in [2.05, 4.69) is 11.1 Å². The van der Waals surface area contributed by atoms with Crippen LogP contribution in [0.1, 0.15) is 29.7 Å². The minimum Gasteiger partial charge on any atom is -0.383 e. The number of halogens is 2. The van der Waals surface area contributed by atoms with Crippen LogP contribution in [0.25, 0.3) is 11.1 Å². The van der Waals surface area contributed by atoms with Gasteiger partial charge < -0.3 is 5.73 Å². The Kier molecular flexibility index (Phi) is 3.75. The van der Waals surface area contributed by atoms with Gasteiger partial charge in [0.15, 0.2) is 0 Å². The highest BCUT2D eigenvalue weighted by atomic mass is 35.5. The minimum absolute atomic E-state index is 0.254. The van der Waals surface area contributed by atoms with Gasteiger partial charge in [0.1, 0.15) is 17.5 Å². The number of nitrogens with zero attached hydrogens (tertiary/aromatic N) is 2. The lowest BCUT2D eigenvalue weighted by atomic mass is 9.86. The molecule has 21 heavy (non-hydrogen) atoms. The average Bonchev–Trinajstić information content (AvgIpc) is 2.46. The summed E-state index contributed by atoms with van der Waals surface area (Å²) >= 11 is 12.7. The number of aryl methyl sites for hydroxylation is 1. The lowest BCUT2D eigenvalue weighted by Gasteiger charge is -2.22. The molecule has 0 saturated heterocycles. The second-order valence-corrected chi connectivity index (χ2v) is 5.90. The topological polar surface area (TPSA) is 62.7 Å². The Morgan fingerprint density at radius 2 is 1.76 bits per heavy atom. The van der Waals surface area contributed by atoms with E-state index >= 15 is 0 Å². The summed E-state index contributed by atoms with van der Waals surface area (Å²) in [5.74, 6) is 0.254. The molecule has 0 amide bonds. The monoisotopic (exact) mass is 317 g/mol. The maximum absolute atomic E-state index is 9.49. The molecule has 0 bridgehead atoms. The number of aromatic nitrogens is 1. The molecular formula is C16H13Cl2N3. The van der Waals surface area contributed by atoms with Crippen LogP contribution in [-0.4, -0.2) is 4.98 Å². The lowest BCUT2D eigenvalue weighted by Crippen LogP contribution is -2.12. The van der Waals surface area contributed by atoms with Crippen molar-refractivity contribution >= 4 is 29.0 Å². The molecule has 2 aromatic rings. The van der Waals surface area contributed by atoms with Gasteiger partial charge in [-0.3, -0.25) is 0 Å². The predicted octanol–water partition coefficient (Wildman–Crippen LogP) is 4.39. The van der Waals surface area contributed by atoms with Gasteiger partial charge in [-0.25, -0.2) is 4.98 Å². The summed E-state index contributed by atoms with van der Waals surface area (Å²) < 4.78 is 0. The van der Waals surface area contributed by atoms with Gasteiger partial charge in [-0.1, -0.05) is 29.3 Å². The number of anilines is 1. The first kappa shape index (κ1) is 14.2. The Labute approximate surface area is 133 Å². The van der Waals surface area contributed by atoms with Crippen LogP contribution in [0, 0.1) is 11.3 Å². The summed E-state index contributed by atoms with van der Waals surface area (Å²) in [5.41, 5.74) is 9.80. The van der Waals surface area contributed by atoms with Crippen molar-refractivity contribution < 1.29 is 0 Å². The molecule has 3 rings (SSSR count). The van der Waals surface area contributed by atoms with E-state index in [4.69, 9.17) is 28.9 Å². The fraction of sp³-hybridized carbons (Fsp3) is 0.250. The number of fused-ring (bicyclic) bond motifs is 1. The summed E-state index contributed by atoms with van der Waals surface area (Å²) in [7, 11) is 0. The normalized spacial score (nSPS) is 13.6. The standard InChI is InChI=1S/C16H13Cl2N3/c17-11-5-3-6-12(18)15(11)14-9-4-1-2-7-13(9)21-16(20)10(14)8-19/h3,5-6H,1-2,4,7H2,(H2,20,21). The van der Waals surface area contributed by atoms with E-state index in [0.29, 0.717) is 21.2 Å². The molecule has 0 spiro atoms. The fourth-order valence-electron chi connectivity index (χ4n) is 2.89. The van der Waals surface area contributed by atoms with Crippen LogP contribution < -0.4 is 5.73 Å². The SMILES string of the molecule is N#Cc1c(N)nc2c(c1-c1c(Cl)cccc1Cl)CCCC2. The number of benzene rings is 1. The van der Waals surface area contributed by atoms with Crippen molar-refractivity contribution in [2.75, 3.05) is 5.73 Å². The highest BCUT2D eigenvalue weighted by molar-refractivity contribution is 6.39. The van der Waals surface area contributed by atoms with Crippen LogP contribution >= 0.6 is 23.2 Å². The largest absolute Gasteiger partial charge is 0.383 e. The molecule has 1 heterocycles. The minimum atomic E-state index is 0.254. The lowest BCUT2D eigenvalue weighted by molar-refractivity contribution is 0.670. The molecule has 106 valence electrons. The van der Waals surface area contributed by atoms with E-state index in [9.17, 15) is 5.26 Å². The molecule has 0 saturated carbocycles. The Hall–Kier alpha value is -1.76. The molecule has 2 N–H and O–H groups in total. The third-order valence-electron chi connectivity index (χ3n) is 3.83. The van der Waals surface area contributed by atoms with Gasteiger partial charge in [0.25, 0.3) is 0 Å². The summed E-state index contributed by atoms with van der Waals surface area (Å²) in [6.45, 7) is 0. The van der Waals surface area contributed by atoms with Gasteiger partial charge in [0, 0.05) is 26.9 Å². The Balaban J connectivity index is 2.41. The molecule has 1 aromatic carbocycles. The third kappa shape index (κ3) is 2.35. The first-order valence-corrected chi connectivity index (χ1v) is 7.54. The fourth-order valence-corrected chi connectivity index (χ4v) is 3.47. The molecule has 3 nitrogen and oxygen atoms in total. The first-order chi connectivity index (χ1) is 10.1. The average molecular weight is 318 g/mol. The van der Waals surface area contributed by atoms with Gasteiger partial charge in [0.05, 0.1) is 0 Å². The highest BCUT2D eigenvalue weighted by Gasteiger charge is 2.24. The Morgan fingerprint density at radius 1 is 1.10 bits per heavy atom. The molecule has 1 aliphatic rings. The van der Waals surface area contributed by atoms with Crippen LogP contribution in [0.5, 0.6) is 0 Å². The van der Waals surface area contributed by atoms with Crippen LogP contribution in [0.4, 0.5) is 5.82 Å². The maximum Gasteiger partial charge on any atom is 0.142 e. The molecule has 5 heteroatoms. The number of pyridine rings is 1. The zero-order valence-electron chi connectivity index (χ0n) is 11.3. The van der Waals surface area contributed by atoms with E-state index in [1.54, 1.807) is 18.2 Å². The summed E-state index contributed by atoms with van der Waals surface area (Å²) in [6.07, 6.45) is 3.90. The van der Waals surface area contributed by atoms with Crippen LogP contribution in [-0.2, 0) is 12.8 Å². The first-order valence-electron chi connectivity index (χ1n) is 6.79. The van der Waals surface area contributed by atoms with E-state index < -0.39 is 0 Å². The smallest absolute Gasteiger partial charge is 0.142 e. The van der Waals surface area contributed by atoms with Gasteiger partial charge in [-0.15, -0.1) is 0 Å². The summed E-state index contributed by atoms with van der Waals surface area (Å²) in [5, 5.41) is 10.5. The second-order valence-electron chi connectivity index (χ2n) is 5.09. The molecule has 0 fully saturated rings. The number of nitrogen functional groups attached to an aromatic ring is 1. The number of nitriles is 1. The number of rotatable bonds is 1. The van der Waals surface area contributed by atoms with Gasteiger partial charge >= 0.3 is 0 Å². The number of hydrogen-bond acceptors (Lipinski definition) is 3. The Bertz CT molecular complexity index is 743. The van der Waals surface area contributed by atoms with E-state index in [1.165, 1.54) is 0 Å². The zero-order chi connectivity index (χ0) is 15.0. The van der Waals surface area contributed by atoms with Crippen molar-refractivity contribution in [3.8, 4) is 17.2 Å². The van der Waals surface area contributed by atoms with E-state index in [0.717, 1.165) is 42.5 Å². The second kappa shape index (κ2) is 5.55. The van der Waals surface area contributed by atoms with E-state index in [-0.39, 0.29) is 5.82 Å². The summed E-state index contributed by atoms with van der Waals surface area (Å²) in [4.78, 5) is 4.40. The van der Waals surface area contributed by atoms with Crippen molar-refractivity contribution in [2.45, 2.75) is 25.7 Å². The quantitative estimate of drug-likeness (QED) is 0.848. The van der Waals surface area contributed by atoms with Crippen molar-refractivity contribution in [1.82, 2.24) is 4.98 Å². The predicted molar refractivity (Wildman–Crippen MR) is 85.5 cm³/mol. The molecule has 0 aliphatic heterocycles. The van der Waals surface area contributed by atoms with Crippen molar-refractivity contribution in [3.05, 3.63) is 45.1 Å². The van der Waals surface area contributed by atoms with Gasteiger partial charge in [-0.2, -0.15) is 5.26 Å². The molecule has 1 aliphatic carbocycles. The van der Waals surface area contributed by atoms with E-state index in [1.807, 2.05) is 0 Å². The third-order valence-corrected chi connectivity index (χ3v) is 4.46. The summed E-state index contributed by atoms with van der Waals surface area (Å²) in [6, 6.07) is 7.50. The molecule has 1 aromatic heterocycles.